The van der Waals surface area contributed by atoms with Gasteiger partial charge < -0.3 is 11.1 Å². The highest BCUT2D eigenvalue weighted by molar-refractivity contribution is 5.87. The molecule has 2 aromatic rings. The first-order chi connectivity index (χ1) is 10.0. The second-order valence-electron chi connectivity index (χ2n) is 5.71. The van der Waals surface area contributed by atoms with Crippen LogP contribution in [0.3, 0.4) is 0 Å². The van der Waals surface area contributed by atoms with Crippen LogP contribution < -0.4 is 11.1 Å². The van der Waals surface area contributed by atoms with E-state index in [2.05, 4.69) is 29.6 Å². The van der Waals surface area contributed by atoms with Gasteiger partial charge in [-0.3, -0.25) is 4.79 Å². The molecule has 0 fully saturated rings. The van der Waals surface area contributed by atoms with Gasteiger partial charge in [0.15, 0.2) is 0 Å². The van der Waals surface area contributed by atoms with Crippen LogP contribution in [-0.2, 0) is 4.79 Å². The zero-order chi connectivity index (χ0) is 15.4. The minimum Gasteiger partial charge on any atom is -0.348 e. The molecule has 0 spiro atoms. The number of carbonyl (C=O) groups excluding carboxylic acids is 1. The van der Waals surface area contributed by atoms with E-state index in [9.17, 15) is 4.79 Å². The summed E-state index contributed by atoms with van der Waals surface area (Å²) in [5.74, 6) is 0.106. The predicted octanol–water partition coefficient (Wildman–Crippen LogP) is 3.39. The standard InChI is InChI=1S/C18H24N2O/c1-4-12(2)17(19)18(21)20-13(3)15-11-7-9-14-8-5-6-10-16(14)15/h5-13,17H,4,19H2,1-3H3,(H,20,21). The molecule has 21 heavy (non-hydrogen) atoms. The van der Waals surface area contributed by atoms with Crippen molar-refractivity contribution in [2.45, 2.75) is 39.3 Å². The van der Waals surface area contributed by atoms with E-state index in [1.807, 2.05) is 39.0 Å². The summed E-state index contributed by atoms with van der Waals surface area (Å²) in [5, 5.41) is 5.39. The average Bonchev–Trinajstić information content (AvgIpc) is 2.52. The Morgan fingerprint density at radius 1 is 1.14 bits per heavy atom. The van der Waals surface area contributed by atoms with Crippen molar-refractivity contribution in [2.75, 3.05) is 0 Å². The summed E-state index contributed by atoms with van der Waals surface area (Å²) in [4.78, 5) is 12.2. The first-order valence-electron chi connectivity index (χ1n) is 7.58. The van der Waals surface area contributed by atoms with Crippen molar-refractivity contribution < 1.29 is 4.79 Å². The molecule has 0 aliphatic rings. The van der Waals surface area contributed by atoms with Crippen LogP contribution in [0, 0.1) is 5.92 Å². The van der Waals surface area contributed by atoms with Crippen LogP contribution in [0.2, 0.25) is 0 Å². The van der Waals surface area contributed by atoms with Crippen molar-refractivity contribution in [1.82, 2.24) is 5.32 Å². The quantitative estimate of drug-likeness (QED) is 0.884. The van der Waals surface area contributed by atoms with Gasteiger partial charge in [0, 0.05) is 0 Å². The molecule has 3 nitrogen and oxygen atoms in total. The van der Waals surface area contributed by atoms with Crippen LogP contribution in [0.15, 0.2) is 42.5 Å². The van der Waals surface area contributed by atoms with Crippen molar-refractivity contribution in [3.8, 4) is 0 Å². The molecule has 0 aliphatic heterocycles. The van der Waals surface area contributed by atoms with Crippen LogP contribution in [0.4, 0.5) is 0 Å². The lowest BCUT2D eigenvalue weighted by Crippen LogP contribution is -2.45. The van der Waals surface area contributed by atoms with Gasteiger partial charge in [0.05, 0.1) is 12.1 Å². The van der Waals surface area contributed by atoms with E-state index in [1.165, 1.54) is 10.8 Å². The third-order valence-corrected chi connectivity index (χ3v) is 4.21. The van der Waals surface area contributed by atoms with E-state index in [1.54, 1.807) is 0 Å². The summed E-state index contributed by atoms with van der Waals surface area (Å²) in [6.07, 6.45) is 0.900. The summed E-state index contributed by atoms with van der Waals surface area (Å²) < 4.78 is 0. The minimum atomic E-state index is -0.451. The number of nitrogens with two attached hydrogens (primary N) is 1. The van der Waals surface area contributed by atoms with Crippen LogP contribution >= 0.6 is 0 Å². The highest BCUT2D eigenvalue weighted by Crippen LogP contribution is 2.24. The Morgan fingerprint density at radius 3 is 2.52 bits per heavy atom. The number of nitrogens with one attached hydrogen (secondary N) is 1. The molecule has 2 rings (SSSR count). The Bertz CT molecular complexity index is 618. The van der Waals surface area contributed by atoms with Gasteiger partial charge in [-0.25, -0.2) is 0 Å². The summed E-state index contributed by atoms with van der Waals surface area (Å²) >= 11 is 0. The van der Waals surface area contributed by atoms with Crippen LogP contribution in [-0.4, -0.2) is 11.9 Å². The Kier molecular flexibility index (Phi) is 4.97. The van der Waals surface area contributed by atoms with E-state index < -0.39 is 6.04 Å². The first-order valence-corrected chi connectivity index (χ1v) is 7.58. The molecule has 3 N–H and O–H groups in total. The minimum absolute atomic E-state index is 0.0568. The molecule has 0 saturated carbocycles. The number of hydrogen-bond donors (Lipinski definition) is 2. The molecule has 1 amide bonds. The number of benzene rings is 2. The van der Waals surface area contributed by atoms with Crippen LogP contribution in [0.25, 0.3) is 10.8 Å². The lowest BCUT2D eigenvalue weighted by atomic mass is 9.97. The largest absolute Gasteiger partial charge is 0.348 e. The lowest BCUT2D eigenvalue weighted by Gasteiger charge is -2.22. The van der Waals surface area contributed by atoms with Gasteiger partial charge >= 0.3 is 0 Å². The smallest absolute Gasteiger partial charge is 0.237 e. The maximum atomic E-state index is 12.2. The fraction of sp³-hybridized carbons (Fsp3) is 0.389. The Labute approximate surface area is 126 Å². The van der Waals surface area contributed by atoms with Gasteiger partial charge in [-0.2, -0.15) is 0 Å². The van der Waals surface area contributed by atoms with E-state index in [4.69, 9.17) is 5.73 Å². The second kappa shape index (κ2) is 6.72. The van der Waals surface area contributed by atoms with Gasteiger partial charge in [-0.1, -0.05) is 62.7 Å². The molecular formula is C18H24N2O. The summed E-state index contributed by atoms with van der Waals surface area (Å²) in [6.45, 7) is 6.06. The van der Waals surface area contributed by atoms with Gasteiger partial charge in [-0.05, 0) is 29.2 Å². The number of hydrogen-bond acceptors (Lipinski definition) is 2. The molecule has 3 atom stereocenters. The number of fused-ring (bicyclic) bond motifs is 1. The number of rotatable bonds is 5. The summed E-state index contributed by atoms with van der Waals surface area (Å²) in [6, 6.07) is 13.9. The van der Waals surface area contributed by atoms with Gasteiger partial charge in [0.2, 0.25) is 5.91 Å². The third kappa shape index (κ3) is 3.42. The molecule has 3 unspecified atom stereocenters. The van der Waals surface area contributed by atoms with Crippen molar-refractivity contribution in [3.63, 3.8) is 0 Å². The van der Waals surface area contributed by atoms with Crippen molar-refractivity contribution in [3.05, 3.63) is 48.0 Å². The number of amides is 1. The molecule has 0 bridgehead atoms. The first kappa shape index (κ1) is 15.5. The monoisotopic (exact) mass is 284 g/mol. The normalized spacial score (nSPS) is 15.4. The molecule has 0 heterocycles. The highest BCUT2D eigenvalue weighted by atomic mass is 16.2. The topological polar surface area (TPSA) is 55.1 Å². The zero-order valence-corrected chi connectivity index (χ0v) is 13.0. The Morgan fingerprint density at radius 2 is 1.81 bits per heavy atom. The highest BCUT2D eigenvalue weighted by Gasteiger charge is 2.21. The number of carbonyl (C=O) groups is 1. The average molecular weight is 284 g/mol. The zero-order valence-electron chi connectivity index (χ0n) is 13.0. The fourth-order valence-corrected chi connectivity index (χ4v) is 2.53. The summed E-state index contributed by atoms with van der Waals surface area (Å²) in [5.41, 5.74) is 7.12. The molecule has 0 aromatic heterocycles. The SMILES string of the molecule is CCC(C)C(N)C(=O)NC(C)c1cccc2ccccc12. The van der Waals surface area contributed by atoms with E-state index >= 15 is 0 Å². The van der Waals surface area contributed by atoms with Crippen molar-refractivity contribution in [2.24, 2.45) is 11.7 Å². The van der Waals surface area contributed by atoms with Gasteiger partial charge in [0.25, 0.3) is 0 Å². The molecule has 0 saturated heterocycles. The van der Waals surface area contributed by atoms with Crippen LogP contribution in [0.1, 0.15) is 38.8 Å². The third-order valence-electron chi connectivity index (χ3n) is 4.21. The summed E-state index contributed by atoms with van der Waals surface area (Å²) in [7, 11) is 0. The van der Waals surface area contributed by atoms with Crippen LogP contribution in [0.5, 0.6) is 0 Å². The van der Waals surface area contributed by atoms with Gasteiger partial charge in [0.1, 0.15) is 0 Å². The van der Waals surface area contributed by atoms with Gasteiger partial charge in [-0.15, -0.1) is 0 Å². The van der Waals surface area contributed by atoms with Crippen molar-refractivity contribution in [1.29, 1.82) is 0 Å². The molecule has 0 aliphatic carbocycles. The van der Waals surface area contributed by atoms with E-state index in [-0.39, 0.29) is 17.9 Å². The molecule has 2 aromatic carbocycles. The Balaban J connectivity index is 2.19. The molecule has 3 heteroatoms. The predicted molar refractivity (Wildman–Crippen MR) is 87.9 cm³/mol. The van der Waals surface area contributed by atoms with Crippen molar-refractivity contribution >= 4 is 16.7 Å². The Hall–Kier alpha value is -1.87. The second-order valence-corrected chi connectivity index (χ2v) is 5.71. The maximum Gasteiger partial charge on any atom is 0.237 e. The molecular weight excluding hydrogens is 260 g/mol. The fourth-order valence-electron chi connectivity index (χ4n) is 2.53. The maximum absolute atomic E-state index is 12.2. The lowest BCUT2D eigenvalue weighted by molar-refractivity contribution is -0.124. The molecule has 112 valence electrons. The van der Waals surface area contributed by atoms with E-state index in [0.717, 1.165) is 12.0 Å². The van der Waals surface area contributed by atoms with E-state index in [0.29, 0.717) is 0 Å². The molecule has 0 radical (unpaired) electrons.